The Morgan fingerprint density at radius 3 is 2.32 bits per heavy atom. The van der Waals surface area contributed by atoms with Crippen molar-refractivity contribution in [3.63, 3.8) is 0 Å². The summed E-state index contributed by atoms with van der Waals surface area (Å²) in [6, 6.07) is 8.17. The third-order valence-corrected chi connectivity index (χ3v) is 7.17. The fourth-order valence-corrected chi connectivity index (χ4v) is 5.41. The summed E-state index contributed by atoms with van der Waals surface area (Å²) in [5, 5.41) is 0. The molecule has 0 radical (unpaired) electrons. The Morgan fingerprint density at radius 1 is 1.03 bits per heavy atom. The summed E-state index contributed by atoms with van der Waals surface area (Å²) in [4.78, 5) is 24.9. The van der Waals surface area contributed by atoms with Gasteiger partial charge in [0.05, 0.1) is 7.11 Å². The first-order chi connectivity index (χ1) is 16.2. The summed E-state index contributed by atoms with van der Waals surface area (Å²) < 4.78 is 19.2. The highest BCUT2D eigenvalue weighted by atomic mass is 19.1. The van der Waals surface area contributed by atoms with Gasteiger partial charge in [0.15, 0.2) is 5.78 Å². The number of allylic oxidation sites excluding steroid dienone is 2. The molecule has 0 heterocycles. The Balaban J connectivity index is 2.18. The van der Waals surface area contributed by atoms with E-state index in [0.29, 0.717) is 17.9 Å². The van der Waals surface area contributed by atoms with Crippen LogP contribution in [-0.4, -0.2) is 24.9 Å². The van der Waals surface area contributed by atoms with Crippen molar-refractivity contribution in [2.75, 3.05) is 7.11 Å². The fourth-order valence-electron chi connectivity index (χ4n) is 5.41. The summed E-state index contributed by atoms with van der Waals surface area (Å²) in [7, 11) is 1.34. The highest BCUT2D eigenvalue weighted by Crippen LogP contribution is 2.39. The summed E-state index contributed by atoms with van der Waals surface area (Å²) >= 11 is 0. The van der Waals surface area contributed by atoms with Gasteiger partial charge in [-0.25, -0.2) is 4.39 Å². The number of hydrogen-bond acceptors (Lipinski definition) is 4. The molecule has 0 bridgehead atoms. The molecule has 2 aromatic rings. The number of rotatable bonds is 9. The van der Waals surface area contributed by atoms with Gasteiger partial charge in [0.1, 0.15) is 11.9 Å². The fraction of sp³-hybridized carbons (Fsp3) is 0.448. The summed E-state index contributed by atoms with van der Waals surface area (Å²) in [5.41, 5.74) is 13.6. The molecule has 0 amide bonds. The summed E-state index contributed by atoms with van der Waals surface area (Å²) in [6.45, 7) is 7.78. The molecular weight excluding hydrogens is 429 g/mol. The Hall–Kier alpha value is -2.79. The molecule has 1 aliphatic carbocycles. The van der Waals surface area contributed by atoms with Crippen LogP contribution in [0.25, 0.3) is 11.1 Å². The molecule has 4 nitrogen and oxygen atoms in total. The van der Waals surface area contributed by atoms with Crippen LogP contribution in [0.3, 0.4) is 0 Å². The molecule has 1 aliphatic rings. The number of methoxy groups -OCH3 is 1. The first kappa shape index (κ1) is 25.8. The van der Waals surface area contributed by atoms with Crippen LogP contribution in [-0.2, 0) is 33.6 Å². The molecule has 0 fully saturated rings. The molecule has 182 valence electrons. The number of carbonyl (C=O) groups excluding carboxylic acids is 2. The number of carbonyl (C=O) groups is 2. The second-order valence-electron chi connectivity index (χ2n) is 9.22. The molecule has 0 aromatic heterocycles. The average Bonchev–Trinajstić information content (AvgIpc) is 3.31. The van der Waals surface area contributed by atoms with E-state index in [1.807, 2.05) is 25.1 Å². The second-order valence-corrected chi connectivity index (χ2v) is 9.22. The quantitative estimate of drug-likeness (QED) is 0.289. The normalized spacial score (nSPS) is 14.6. The minimum absolute atomic E-state index is 0.0367. The van der Waals surface area contributed by atoms with Crippen molar-refractivity contribution >= 4 is 22.9 Å². The van der Waals surface area contributed by atoms with Crippen LogP contribution in [0.4, 0.5) is 4.39 Å². The maximum absolute atomic E-state index is 14.4. The standard InChI is InChI=1S/C29H36FNO3/c1-6-19(7-2)23-14-12-21(30)16-26(23)17(3)28(18(4)32)25-13-11-20(15-27(31)29(33)34-5)22-9-8-10-24(22)25/h11-14,16,19,27H,6-10,15,31H2,1-5H3/b28-17+/t27-/m0/s1. The van der Waals surface area contributed by atoms with Gasteiger partial charge in [-0.05, 0) is 109 Å². The molecular formula is C29H36FNO3. The maximum Gasteiger partial charge on any atom is 0.322 e. The molecule has 3 rings (SSSR count). The average molecular weight is 466 g/mol. The lowest BCUT2D eigenvalue weighted by Gasteiger charge is -2.22. The van der Waals surface area contributed by atoms with Crippen LogP contribution in [0, 0.1) is 5.82 Å². The van der Waals surface area contributed by atoms with E-state index < -0.39 is 12.0 Å². The van der Waals surface area contributed by atoms with Crippen LogP contribution in [0.1, 0.15) is 86.3 Å². The van der Waals surface area contributed by atoms with Crippen molar-refractivity contribution in [3.05, 3.63) is 69.5 Å². The first-order valence-corrected chi connectivity index (χ1v) is 12.2. The molecule has 0 spiro atoms. The Bertz CT molecular complexity index is 1110. The van der Waals surface area contributed by atoms with Crippen molar-refractivity contribution in [1.82, 2.24) is 0 Å². The van der Waals surface area contributed by atoms with Crippen molar-refractivity contribution in [2.24, 2.45) is 5.73 Å². The topological polar surface area (TPSA) is 69.4 Å². The minimum Gasteiger partial charge on any atom is -0.468 e. The van der Waals surface area contributed by atoms with Gasteiger partial charge in [-0.15, -0.1) is 0 Å². The number of esters is 1. The maximum atomic E-state index is 14.4. The predicted molar refractivity (Wildman–Crippen MR) is 135 cm³/mol. The number of nitrogens with two attached hydrogens (primary N) is 1. The number of benzene rings is 2. The van der Waals surface area contributed by atoms with E-state index in [0.717, 1.165) is 65.5 Å². The molecule has 2 aromatic carbocycles. The van der Waals surface area contributed by atoms with E-state index in [1.54, 1.807) is 13.0 Å². The smallest absolute Gasteiger partial charge is 0.322 e. The van der Waals surface area contributed by atoms with Crippen LogP contribution in [0.5, 0.6) is 0 Å². The van der Waals surface area contributed by atoms with E-state index in [2.05, 4.69) is 13.8 Å². The first-order valence-electron chi connectivity index (χ1n) is 12.2. The molecule has 0 aliphatic heterocycles. The predicted octanol–water partition coefficient (Wildman–Crippen LogP) is 5.78. The van der Waals surface area contributed by atoms with Crippen molar-refractivity contribution in [3.8, 4) is 0 Å². The second kappa shape index (κ2) is 11.1. The van der Waals surface area contributed by atoms with Crippen LogP contribution < -0.4 is 5.73 Å². The van der Waals surface area contributed by atoms with Gasteiger partial charge in [-0.2, -0.15) is 0 Å². The number of Topliss-reactive ketones (excluding diaryl/α,β-unsaturated/α-hetero) is 1. The van der Waals surface area contributed by atoms with E-state index in [4.69, 9.17) is 10.5 Å². The van der Waals surface area contributed by atoms with E-state index >= 15 is 0 Å². The van der Waals surface area contributed by atoms with Crippen LogP contribution >= 0.6 is 0 Å². The SMILES string of the molecule is CCC(CC)c1ccc(F)cc1/C(C)=C(\C(C)=O)c1ccc(C[C@H](N)C(=O)OC)c2c1CCC2. The van der Waals surface area contributed by atoms with Crippen LogP contribution in [0.2, 0.25) is 0 Å². The van der Waals surface area contributed by atoms with Gasteiger partial charge in [-0.1, -0.05) is 32.0 Å². The van der Waals surface area contributed by atoms with E-state index in [-0.39, 0.29) is 11.6 Å². The van der Waals surface area contributed by atoms with Gasteiger partial charge in [0.25, 0.3) is 0 Å². The largest absolute Gasteiger partial charge is 0.468 e. The van der Waals surface area contributed by atoms with Crippen molar-refractivity contribution < 1.29 is 18.7 Å². The molecule has 5 heteroatoms. The highest BCUT2D eigenvalue weighted by Gasteiger charge is 2.26. The van der Waals surface area contributed by atoms with E-state index in [9.17, 15) is 14.0 Å². The minimum atomic E-state index is -0.722. The van der Waals surface area contributed by atoms with Gasteiger partial charge in [0, 0.05) is 5.57 Å². The van der Waals surface area contributed by atoms with Crippen LogP contribution in [0.15, 0.2) is 30.3 Å². The molecule has 0 unspecified atom stereocenters. The Morgan fingerprint density at radius 2 is 1.71 bits per heavy atom. The number of hydrogen-bond donors (Lipinski definition) is 1. The third-order valence-electron chi connectivity index (χ3n) is 7.17. The van der Waals surface area contributed by atoms with Gasteiger partial charge >= 0.3 is 5.97 Å². The van der Waals surface area contributed by atoms with Gasteiger partial charge in [-0.3, -0.25) is 9.59 Å². The number of ether oxygens (including phenoxy) is 1. The zero-order valence-electron chi connectivity index (χ0n) is 21.0. The zero-order valence-corrected chi connectivity index (χ0v) is 21.0. The molecule has 1 atom stereocenters. The molecule has 34 heavy (non-hydrogen) atoms. The lowest BCUT2D eigenvalue weighted by atomic mass is 9.82. The number of fused-ring (bicyclic) bond motifs is 1. The molecule has 0 saturated carbocycles. The van der Waals surface area contributed by atoms with Gasteiger partial charge < -0.3 is 10.5 Å². The van der Waals surface area contributed by atoms with Gasteiger partial charge in [0.2, 0.25) is 0 Å². The monoisotopic (exact) mass is 465 g/mol. The summed E-state index contributed by atoms with van der Waals surface area (Å²) in [5.74, 6) is -0.475. The summed E-state index contributed by atoms with van der Waals surface area (Å²) in [6.07, 6.45) is 5.02. The molecule has 0 saturated heterocycles. The number of halogens is 1. The Labute approximate surface area is 202 Å². The highest BCUT2D eigenvalue weighted by molar-refractivity contribution is 6.27. The Kier molecular flexibility index (Phi) is 8.42. The van der Waals surface area contributed by atoms with Crippen molar-refractivity contribution in [2.45, 2.75) is 78.2 Å². The van der Waals surface area contributed by atoms with E-state index in [1.165, 1.54) is 18.7 Å². The van der Waals surface area contributed by atoms with Crippen molar-refractivity contribution in [1.29, 1.82) is 0 Å². The zero-order chi connectivity index (χ0) is 25.0. The number of ketones is 1. The lowest BCUT2D eigenvalue weighted by molar-refractivity contribution is -0.142. The molecule has 2 N–H and O–H groups in total. The lowest BCUT2D eigenvalue weighted by Crippen LogP contribution is -2.34. The third kappa shape index (κ3) is 5.15.